The zero-order chi connectivity index (χ0) is 14.2. The average Bonchev–Trinajstić information content (AvgIpc) is 2.87. The van der Waals surface area contributed by atoms with Gasteiger partial charge in [-0.25, -0.2) is 0 Å². The number of nitrogens with two attached hydrogens (primary N) is 1. The van der Waals surface area contributed by atoms with Gasteiger partial charge in [0.25, 0.3) is 0 Å². The molecule has 1 saturated carbocycles. The lowest BCUT2D eigenvalue weighted by Crippen LogP contribution is -2.49. The lowest BCUT2D eigenvalue weighted by Gasteiger charge is -2.45. The number of benzene rings is 1. The lowest BCUT2D eigenvalue weighted by molar-refractivity contribution is -0.104. The average molecular weight is 273 g/mol. The van der Waals surface area contributed by atoms with Crippen molar-refractivity contribution in [3.05, 3.63) is 35.4 Å². The summed E-state index contributed by atoms with van der Waals surface area (Å²) < 4.78 is 6.16. The van der Waals surface area contributed by atoms with Crippen molar-refractivity contribution in [2.24, 2.45) is 11.7 Å². The van der Waals surface area contributed by atoms with Crippen LogP contribution < -0.4 is 5.73 Å². The summed E-state index contributed by atoms with van der Waals surface area (Å²) in [6.45, 7) is 5.27. The Balaban J connectivity index is 1.85. The van der Waals surface area contributed by atoms with Crippen LogP contribution in [-0.2, 0) is 10.3 Å². The van der Waals surface area contributed by atoms with Gasteiger partial charge in [-0.15, -0.1) is 0 Å². The van der Waals surface area contributed by atoms with E-state index in [9.17, 15) is 0 Å². The summed E-state index contributed by atoms with van der Waals surface area (Å²) in [7, 11) is 0. The van der Waals surface area contributed by atoms with Crippen LogP contribution in [0, 0.1) is 12.8 Å². The van der Waals surface area contributed by atoms with Gasteiger partial charge < -0.3 is 10.5 Å². The summed E-state index contributed by atoms with van der Waals surface area (Å²) in [6.07, 6.45) is 7.31. The molecule has 2 nitrogen and oxygen atoms in total. The summed E-state index contributed by atoms with van der Waals surface area (Å²) in [5.74, 6) is 0.524. The van der Waals surface area contributed by atoms with E-state index in [0.717, 1.165) is 19.4 Å². The van der Waals surface area contributed by atoms with Gasteiger partial charge in [-0.2, -0.15) is 0 Å². The highest BCUT2D eigenvalue weighted by Crippen LogP contribution is 2.46. The van der Waals surface area contributed by atoms with E-state index in [2.05, 4.69) is 38.1 Å². The van der Waals surface area contributed by atoms with Crippen molar-refractivity contribution in [1.29, 1.82) is 0 Å². The van der Waals surface area contributed by atoms with Crippen molar-refractivity contribution in [3.63, 3.8) is 0 Å². The van der Waals surface area contributed by atoms with Crippen LogP contribution in [0.3, 0.4) is 0 Å². The molecule has 1 aromatic carbocycles. The van der Waals surface area contributed by atoms with Gasteiger partial charge in [0.05, 0.1) is 5.60 Å². The molecule has 2 unspecified atom stereocenters. The monoisotopic (exact) mass is 273 g/mol. The normalized spacial score (nSPS) is 28.4. The summed E-state index contributed by atoms with van der Waals surface area (Å²) >= 11 is 0. The van der Waals surface area contributed by atoms with Crippen LogP contribution in [-0.4, -0.2) is 12.2 Å². The smallest absolute Gasteiger partial charge is 0.0686 e. The molecule has 20 heavy (non-hydrogen) atoms. The topological polar surface area (TPSA) is 35.2 Å². The molecule has 0 bridgehead atoms. The molecule has 1 heterocycles. The van der Waals surface area contributed by atoms with Crippen molar-refractivity contribution in [3.8, 4) is 0 Å². The van der Waals surface area contributed by atoms with E-state index in [4.69, 9.17) is 10.5 Å². The molecular formula is C18H27NO. The lowest BCUT2D eigenvalue weighted by atomic mass is 9.70. The minimum absolute atomic E-state index is 0.145. The van der Waals surface area contributed by atoms with E-state index >= 15 is 0 Å². The molecule has 0 radical (unpaired) electrons. The highest BCUT2D eigenvalue weighted by atomic mass is 16.5. The molecule has 1 aliphatic heterocycles. The third-order valence-corrected chi connectivity index (χ3v) is 5.58. The molecule has 1 aromatic rings. The molecule has 2 atom stereocenters. The van der Waals surface area contributed by atoms with Gasteiger partial charge >= 0.3 is 0 Å². The molecule has 1 saturated heterocycles. The van der Waals surface area contributed by atoms with Gasteiger partial charge in [0, 0.05) is 12.1 Å². The second-order valence-corrected chi connectivity index (χ2v) is 7.03. The van der Waals surface area contributed by atoms with Crippen molar-refractivity contribution in [2.75, 3.05) is 6.61 Å². The maximum Gasteiger partial charge on any atom is 0.0686 e. The number of hydrogen-bond donors (Lipinski definition) is 1. The summed E-state index contributed by atoms with van der Waals surface area (Å²) in [6, 6.07) is 8.58. The number of aryl methyl sites for hydroxylation is 1. The minimum Gasteiger partial charge on any atom is -0.375 e. The molecule has 2 fully saturated rings. The fourth-order valence-corrected chi connectivity index (χ4v) is 4.30. The first kappa shape index (κ1) is 14.1. The van der Waals surface area contributed by atoms with Crippen molar-refractivity contribution in [1.82, 2.24) is 0 Å². The maximum atomic E-state index is 6.81. The number of ether oxygens (including phenoxy) is 1. The Morgan fingerprint density at radius 2 is 1.95 bits per heavy atom. The molecule has 3 rings (SSSR count). The summed E-state index contributed by atoms with van der Waals surface area (Å²) in [5.41, 5.74) is 9.32. The highest BCUT2D eigenvalue weighted by molar-refractivity contribution is 5.32. The first-order valence-corrected chi connectivity index (χ1v) is 8.02. The Bertz CT molecular complexity index is 474. The highest BCUT2D eigenvalue weighted by Gasteiger charge is 2.45. The Labute approximate surface area is 122 Å². The van der Waals surface area contributed by atoms with E-state index in [1.54, 1.807) is 0 Å². The van der Waals surface area contributed by atoms with Gasteiger partial charge in [-0.3, -0.25) is 0 Å². The molecule has 2 aliphatic rings. The molecular weight excluding hydrogens is 246 g/mol. The van der Waals surface area contributed by atoms with Gasteiger partial charge in [-0.1, -0.05) is 37.1 Å². The van der Waals surface area contributed by atoms with Crippen LogP contribution in [0.25, 0.3) is 0 Å². The van der Waals surface area contributed by atoms with Crippen LogP contribution in [0.4, 0.5) is 0 Å². The Kier molecular flexibility index (Phi) is 3.64. The quantitative estimate of drug-likeness (QED) is 0.886. The third-order valence-electron chi connectivity index (χ3n) is 5.58. The third kappa shape index (κ3) is 2.40. The summed E-state index contributed by atoms with van der Waals surface area (Å²) in [5, 5.41) is 0. The van der Waals surface area contributed by atoms with E-state index in [-0.39, 0.29) is 11.1 Å². The Morgan fingerprint density at radius 1 is 1.25 bits per heavy atom. The van der Waals surface area contributed by atoms with E-state index in [1.807, 2.05) is 0 Å². The van der Waals surface area contributed by atoms with Crippen LogP contribution >= 0.6 is 0 Å². The van der Waals surface area contributed by atoms with Crippen LogP contribution in [0.1, 0.15) is 56.6 Å². The first-order chi connectivity index (χ1) is 9.54. The zero-order valence-corrected chi connectivity index (χ0v) is 12.8. The van der Waals surface area contributed by atoms with E-state index in [1.165, 1.54) is 36.8 Å². The number of rotatable bonds is 2. The van der Waals surface area contributed by atoms with Crippen molar-refractivity contribution < 1.29 is 4.74 Å². The fraction of sp³-hybridized carbons (Fsp3) is 0.667. The Hall–Kier alpha value is -0.860. The van der Waals surface area contributed by atoms with E-state index in [0.29, 0.717) is 5.92 Å². The molecule has 110 valence electrons. The van der Waals surface area contributed by atoms with Crippen LogP contribution in [0.5, 0.6) is 0 Å². The zero-order valence-electron chi connectivity index (χ0n) is 12.8. The molecule has 2 heteroatoms. The Morgan fingerprint density at radius 3 is 2.65 bits per heavy atom. The largest absolute Gasteiger partial charge is 0.375 e. The minimum atomic E-state index is -0.245. The van der Waals surface area contributed by atoms with E-state index < -0.39 is 0 Å². The molecule has 2 N–H and O–H groups in total. The predicted octanol–water partition coefficient (Wildman–Crippen LogP) is 3.91. The van der Waals surface area contributed by atoms with Crippen LogP contribution in [0.15, 0.2) is 24.3 Å². The molecule has 0 aromatic heterocycles. The molecule has 1 spiro atoms. The first-order valence-electron chi connectivity index (χ1n) is 8.02. The predicted molar refractivity (Wildman–Crippen MR) is 82.6 cm³/mol. The fourth-order valence-electron chi connectivity index (χ4n) is 4.30. The van der Waals surface area contributed by atoms with Gasteiger partial charge in [0.1, 0.15) is 0 Å². The molecule has 1 aliphatic carbocycles. The molecule has 0 amide bonds. The second-order valence-electron chi connectivity index (χ2n) is 7.03. The van der Waals surface area contributed by atoms with Gasteiger partial charge in [-0.05, 0) is 56.6 Å². The standard InChI is InChI=1S/C18H27NO/c1-14-7-3-4-8-16(14)17(2,19)15-9-12-20-18(13-15)10-5-6-11-18/h3-4,7-8,15H,5-6,9-13,19H2,1-2H3. The van der Waals surface area contributed by atoms with Gasteiger partial charge in [0.2, 0.25) is 0 Å². The van der Waals surface area contributed by atoms with Gasteiger partial charge in [0.15, 0.2) is 0 Å². The van der Waals surface area contributed by atoms with Crippen LogP contribution in [0.2, 0.25) is 0 Å². The van der Waals surface area contributed by atoms with Crippen molar-refractivity contribution >= 4 is 0 Å². The van der Waals surface area contributed by atoms with Crippen molar-refractivity contribution in [2.45, 2.75) is 63.5 Å². The second kappa shape index (κ2) is 5.16. The maximum absolute atomic E-state index is 6.81. The summed E-state index contributed by atoms with van der Waals surface area (Å²) in [4.78, 5) is 0. The SMILES string of the molecule is Cc1ccccc1C(C)(N)C1CCOC2(CCCC2)C1. The number of hydrogen-bond acceptors (Lipinski definition) is 2.